The predicted molar refractivity (Wildman–Crippen MR) is 71.9 cm³/mol. The maximum Gasteiger partial charge on any atom is 0.317 e. The van der Waals surface area contributed by atoms with E-state index in [2.05, 4.69) is 11.9 Å². The Morgan fingerprint density at radius 2 is 1.89 bits per heavy atom. The van der Waals surface area contributed by atoms with Crippen LogP contribution < -0.4 is 0 Å². The van der Waals surface area contributed by atoms with Crippen LogP contribution in [0.3, 0.4) is 0 Å². The molecule has 0 radical (unpaired) electrons. The normalized spacial score (nSPS) is 28.8. The maximum atomic E-state index is 11.6. The molecule has 2 aliphatic heterocycles. The summed E-state index contributed by atoms with van der Waals surface area (Å²) in [5, 5.41) is 9.06. The van der Waals surface area contributed by atoms with E-state index in [0.717, 1.165) is 25.9 Å². The van der Waals surface area contributed by atoms with Crippen molar-refractivity contribution in [3.63, 3.8) is 0 Å². The van der Waals surface area contributed by atoms with Gasteiger partial charge in [0.2, 0.25) is 0 Å². The van der Waals surface area contributed by atoms with E-state index in [4.69, 9.17) is 5.11 Å². The van der Waals surface area contributed by atoms with E-state index in [0.29, 0.717) is 6.42 Å². The molecule has 1 atom stereocenters. The third kappa shape index (κ3) is 3.90. The first-order valence-corrected chi connectivity index (χ1v) is 8.56. The lowest BCUT2D eigenvalue weighted by atomic mass is 10.0. The molecule has 2 saturated heterocycles. The molecule has 1 N–H and O–H groups in total. The van der Waals surface area contributed by atoms with Crippen molar-refractivity contribution < 1.29 is 18.3 Å². The predicted octanol–water partition coefficient (Wildman–Crippen LogP) is -0.346. The number of rotatable bonds is 4. The second kappa shape index (κ2) is 5.76. The van der Waals surface area contributed by atoms with Gasteiger partial charge in [-0.25, -0.2) is 8.42 Å². The smallest absolute Gasteiger partial charge is 0.317 e. The van der Waals surface area contributed by atoms with Crippen LogP contribution in [0.15, 0.2) is 0 Å². The molecule has 0 aromatic heterocycles. The Hall–Kier alpha value is -0.660. The van der Waals surface area contributed by atoms with Crippen molar-refractivity contribution in [3.8, 4) is 0 Å². The van der Waals surface area contributed by atoms with Crippen molar-refractivity contribution in [2.24, 2.45) is 0 Å². The average molecular weight is 290 g/mol. The van der Waals surface area contributed by atoms with Crippen LogP contribution in [0.4, 0.5) is 0 Å². The lowest BCUT2D eigenvalue weighted by molar-refractivity contribution is -0.139. The number of carboxylic acid groups (broad SMARTS) is 1. The summed E-state index contributed by atoms with van der Waals surface area (Å²) in [6, 6.07) is 0.0834. The number of likely N-dealkylation sites (tertiary alicyclic amines) is 1. The van der Waals surface area contributed by atoms with Crippen molar-refractivity contribution in [1.82, 2.24) is 9.80 Å². The van der Waals surface area contributed by atoms with Crippen LogP contribution in [0.1, 0.15) is 19.3 Å². The van der Waals surface area contributed by atoms with Crippen molar-refractivity contribution in [2.45, 2.75) is 31.3 Å². The molecule has 0 aliphatic carbocycles. The topological polar surface area (TPSA) is 77.9 Å². The Kier molecular flexibility index (Phi) is 4.47. The number of hydrogen-bond donors (Lipinski definition) is 1. The van der Waals surface area contributed by atoms with Gasteiger partial charge in [0, 0.05) is 12.1 Å². The Morgan fingerprint density at radius 3 is 2.37 bits per heavy atom. The fraction of sp³-hybridized carbons (Fsp3) is 0.917. The fourth-order valence-corrected chi connectivity index (χ4v) is 4.82. The van der Waals surface area contributed by atoms with E-state index in [-0.39, 0.29) is 30.1 Å². The summed E-state index contributed by atoms with van der Waals surface area (Å²) in [5.74, 6) is -0.559. The minimum atomic E-state index is -2.97. The summed E-state index contributed by atoms with van der Waals surface area (Å²) < 4.78 is 23.2. The van der Waals surface area contributed by atoms with Gasteiger partial charge in [0.25, 0.3) is 0 Å². The first kappa shape index (κ1) is 14.7. The van der Waals surface area contributed by atoms with Crippen LogP contribution in [0.2, 0.25) is 0 Å². The van der Waals surface area contributed by atoms with E-state index >= 15 is 0 Å². The minimum absolute atomic E-state index is 0.0471. The number of carbonyl (C=O) groups is 1. The van der Waals surface area contributed by atoms with Gasteiger partial charge >= 0.3 is 5.97 Å². The third-order valence-corrected chi connectivity index (χ3v) is 5.90. The molecule has 0 saturated carbocycles. The zero-order valence-corrected chi connectivity index (χ0v) is 12.1. The van der Waals surface area contributed by atoms with E-state index < -0.39 is 15.8 Å². The zero-order chi connectivity index (χ0) is 14.0. The number of piperidine rings is 1. The van der Waals surface area contributed by atoms with E-state index in [1.54, 1.807) is 0 Å². The second-order valence-electron chi connectivity index (χ2n) is 5.66. The summed E-state index contributed by atoms with van der Waals surface area (Å²) in [6.07, 6.45) is 2.41. The molecule has 6 nitrogen and oxygen atoms in total. The Morgan fingerprint density at radius 1 is 1.26 bits per heavy atom. The molecule has 2 aliphatic rings. The molecular formula is C12H22N2O4S. The fourth-order valence-electron chi connectivity index (χ4n) is 3.08. The molecule has 7 heteroatoms. The molecule has 0 aromatic carbocycles. The Balaban J connectivity index is 2.05. The van der Waals surface area contributed by atoms with Crippen LogP contribution in [-0.4, -0.2) is 79.6 Å². The lowest BCUT2D eigenvalue weighted by Crippen LogP contribution is -2.50. The SMILES string of the molecule is CN1CCC(N(CC(=O)O)C2CCS(=O)(=O)C2)CC1. The zero-order valence-electron chi connectivity index (χ0n) is 11.3. The van der Waals surface area contributed by atoms with Gasteiger partial charge in [-0.3, -0.25) is 9.69 Å². The molecule has 2 rings (SSSR count). The van der Waals surface area contributed by atoms with E-state index in [9.17, 15) is 13.2 Å². The van der Waals surface area contributed by atoms with Crippen molar-refractivity contribution in [3.05, 3.63) is 0 Å². The van der Waals surface area contributed by atoms with Crippen LogP contribution in [0.5, 0.6) is 0 Å². The number of nitrogens with zero attached hydrogens (tertiary/aromatic N) is 2. The monoisotopic (exact) mass is 290 g/mol. The molecule has 1 unspecified atom stereocenters. The second-order valence-corrected chi connectivity index (χ2v) is 7.89. The highest BCUT2D eigenvalue weighted by atomic mass is 32.2. The van der Waals surface area contributed by atoms with Crippen LogP contribution in [0, 0.1) is 0 Å². The molecule has 2 fully saturated rings. The summed E-state index contributed by atoms with van der Waals surface area (Å²) in [4.78, 5) is 15.2. The number of sulfone groups is 1. The van der Waals surface area contributed by atoms with Crippen LogP contribution in [0.25, 0.3) is 0 Å². The van der Waals surface area contributed by atoms with Gasteiger partial charge in [0.1, 0.15) is 0 Å². The number of hydrogen-bond acceptors (Lipinski definition) is 5. The molecule has 0 amide bonds. The average Bonchev–Trinajstić information content (AvgIpc) is 2.67. The molecule has 2 heterocycles. The van der Waals surface area contributed by atoms with Gasteiger partial charge in [-0.2, -0.15) is 0 Å². The first-order valence-electron chi connectivity index (χ1n) is 6.74. The van der Waals surface area contributed by atoms with Crippen LogP contribution >= 0.6 is 0 Å². The van der Waals surface area contributed by atoms with Gasteiger partial charge in [-0.1, -0.05) is 0 Å². The number of aliphatic carboxylic acids is 1. The largest absolute Gasteiger partial charge is 0.480 e. The highest BCUT2D eigenvalue weighted by Gasteiger charge is 2.37. The Bertz CT molecular complexity index is 429. The standard InChI is InChI=1S/C12H22N2O4S/c1-13-5-2-10(3-6-13)14(8-12(15)16)11-4-7-19(17,18)9-11/h10-11H,2-9H2,1H3,(H,15,16). The third-order valence-electron chi connectivity index (χ3n) is 4.15. The molecule has 0 aromatic rings. The highest BCUT2D eigenvalue weighted by molar-refractivity contribution is 7.91. The maximum absolute atomic E-state index is 11.6. The molecule has 0 spiro atoms. The van der Waals surface area contributed by atoms with Crippen LogP contribution in [-0.2, 0) is 14.6 Å². The van der Waals surface area contributed by atoms with Gasteiger partial charge in [0.15, 0.2) is 9.84 Å². The highest BCUT2D eigenvalue weighted by Crippen LogP contribution is 2.24. The summed E-state index contributed by atoms with van der Waals surface area (Å²) in [6.45, 7) is 1.84. The summed E-state index contributed by atoms with van der Waals surface area (Å²) >= 11 is 0. The van der Waals surface area contributed by atoms with E-state index in [1.165, 1.54) is 0 Å². The van der Waals surface area contributed by atoms with Gasteiger partial charge in [-0.15, -0.1) is 0 Å². The van der Waals surface area contributed by atoms with Gasteiger partial charge in [-0.05, 0) is 39.4 Å². The van der Waals surface area contributed by atoms with Crippen molar-refractivity contribution in [1.29, 1.82) is 0 Å². The molecule has 19 heavy (non-hydrogen) atoms. The minimum Gasteiger partial charge on any atom is -0.480 e. The van der Waals surface area contributed by atoms with Gasteiger partial charge in [0.05, 0.1) is 18.1 Å². The summed E-state index contributed by atoms with van der Waals surface area (Å²) in [7, 11) is -0.917. The summed E-state index contributed by atoms with van der Waals surface area (Å²) in [5.41, 5.74) is 0. The van der Waals surface area contributed by atoms with Crippen molar-refractivity contribution in [2.75, 3.05) is 38.2 Å². The van der Waals surface area contributed by atoms with E-state index in [1.807, 2.05) is 4.90 Å². The lowest BCUT2D eigenvalue weighted by Gasteiger charge is -2.39. The molecule has 0 bridgehead atoms. The molecular weight excluding hydrogens is 268 g/mol. The Labute approximate surface area is 114 Å². The first-order chi connectivity index (χ1) is 8.87. The quantitative estimate of drug-likeness (QED) is 0.763. The van der Waals surface area contributed by atoms with Crippen molar-refractivity contribution >= 4 is 15.8 Å². The molecule has 110 valence electrons. The van der Waals surface area contributed by atoms with Gasteiger partial charge < -0.3 is 10.0 Å². The number of carboxylic acids is 1.